The van der Waals surface area contributed by atoms with Crippen LogP contribution in [0, 0.1) is 0 Å². The number of thiazole rings is 1. The third-order valence-corrected chi connectivity index (χ3v) is 5.79. The lowest BCUT2D eigenvalue weighted by molar-refractivity contribution is 0.0507. The van der Waals surface area contributed by atoms with E-state index in [2.05, 4.69) is 27.4 Å². The predicted octanol–water partition coefficient (Wildman–Crippen LogP) is 3.19. The molecule has 1 aliphatic rings. The van der Waals surface area contributed by atoms with E-state index in [4.69, 9.17) is 9.73 Å². The second kappa shape index (κ2) is 10.8. The van der Waals surface area contributed by atoms with Gasteiger partial charge in [-0.3, -0.25) is 4.99 Å². The lowest BCUT2D eigenvalue weighted by atomic mass is 10.2. The van der Waals surface area contributed by atoms with Crippen molar-refractivity contribution in [3.8, 4) is 0 Å². The summed E-state index contributed by atoms with van der Waals surface area (Å²) in [4.78, 5) is 23.2. The van der Waals surface area contributed by atoms with E-state index in [9.17, 15) is 4.79 Å². The van der Waals surface area contributed by atoms with Crippen molar-refractivity contribution < 1.29 is 9.53 Å². The number of amides is 1. The van der Waals surface area contributed by atoms with Crippen molar-refractivity contribution >= 4 is 35.2 Å². The first-order chi connectivity index (χ1) is 12.9. The molecule has 0 saturated carbocycles. The van der Waals surface area contributed by atoms with Crippen molar-refractivity contribution in [3.63, 3.8) is 0 Å². The summed E-state index contributed by atoms with van der Waals surface area (Å²) in [5.74, 6) is 1.93. The van der Waals surface area contributed by atoms with E-state index in [-0.39, 0.29) is 12.1 Å². The number of rotatable bonds is 7. The summed E-state index contributed by atoms with van der Waals surface area (Å²) in [6, 6.07) is 0.0872. The monoisotopic (exact) mass is 413 g/mol. The van der Waals surface area contributed by atoms with Crippen LogP contribution in [0.15, 0.2) is 20.9 Å². The molecule has 1 unspecified atom stereocenters. The molecule has 1 aromatic heterocycles. The highest BCUT2D eigenvalue weighted by Crippen LogP contribution is 2.20. The van der Waals surface area contributed by atoms with Crippen LogP contribution in [-0.2, 0) is 4.74 Å². The van der Waals surface area contributed by atoms with Crippen LogP contribution in [0.25, 0.3) is 0 Å². The molecule has 1 saturated heterocycles. The molecule has 1 amide bonds. The van der Waals surface area contributed by atoms with Crippen LogP contribution in [0.1, 0.15) is 40.5 Å². The molecular formula is C18H31N5O2S2. The Kier molecular flexibility index (Phi) is 8.69. The van der Waals surface area contributed by atoms with Gasteiger partial charge in [-0.2, -0.15) is 0 Å². The Morgan fingerprint density at radius 3 is 3.00 bits per heavy atom. The summed E-state index contributed by atoms with van der Waals surface area (Å²) in [5.41, 5.74) is -0.477. The van der Waals surface area contributed by atoms with Crippen molar-refractivity contribution in [2.75, 3.05) is 31.9 Å². The minimum absolute atomic E-state index is 0.0872. The first kappa shape index (κ1) is 21.8. The van der Waals surface area contributed by atoms with Crippen LogP contribution < -0.4 is 10.6 Å². The maximum absolute atomic E-state index is 12.0. The lowest BCUT2D eigenvalue weighted by Gasteiger charge is -2.23. The summed E-state index contributed by atoms with van der Waals surface area (Å²) >= 11 is 3.45. The van der Waals surface area contributed by atoms with Gasteiger partial charge in [0.05, 0.1) is 6.04 Å². The number of alkyl carbamates (subject to hydrolysis) is 1. The zero-order valence-electron chi connectivity index (χ0n) is 16.7. The average Bonchev–Trinajstić information content (AvgIpc) is 3.23. The van der Waals surface area contributed by atoms with Crippen LogP contribution >= 0.6 is 23.1 Å². The van der Waals surface area contributed by atoms with E-state index in [1.165, 1.54) is 0 Å². The molecular weight excluding hydrogens is 382 g/mol. The van der Waals surface area contributed by atoms with Crippen molar-refractivity contribution in [1.82, 2.24) is 20.5 Å². The number of nitrogens with zero attached hydrogens (tertiary/aromatic N) is 3. The lowest BCUT2D eigenvalue weighted by Crippen LogP contribution is -2.44. The smallest absolute Gasteiger partial charge is 0.407 e. The number of nitrogens with one attached hydrogen (secondary N) is 2. The van der Waals surface area contributed by atoms with Gasteiger partial charge < -0.3 is 20.3 Å². The zero-order chi connectivity index (χ0) is 19.7. The Morgan fingerprint density at radius 2 is 2.33 bits per heavy atom. The largest absolute Gasteiger partial charge is 0.444 e. The number of likely N-dealkylation sites (tertiary alicyclic amines) is 1. The third kappa shape index (κ3) is 8.38. The summed E-state index contributed by atoms with van der Waals surface area (Å²) < 4.78 is 6.46. The SMILES string of the molecule is CCNC(=NCCCSc1nccs1)N1CCC(NC(=O)OC(C)(C)C)C1. The molecule has 0 spiro atoms. The van der Waals surface area contributed by atoms with E-state index in [1.807, 2.05) is 32.3 Å². The summed E-state index contributed by atoms with van der Waals surface area (Å²) in [6.07, 6.45) is 3.38. The molecule has 7 nitrogen and oxygen atoms in total. The number of hydrogen-bond donors (Lipinski definition) is 2. The predicted molar refractivity (Wildman–Crippen MR) is 113 cm³/mol. The maximum atomic E-state index is 12.0. The van der Waals surface area contributed by atoms with Crippen molar-refractivity contribution in [2.24, 2.45) is 4.99 Å². The fourth-order valence-corrected chi connectivity index (χ4v) is 4.29. The minimum Gasteiger partial charge on any atom is -0.444 e. The van der Waals surface area contributed by atoms with Crippen LogP contribution in [0.2, 0.25) is 0 Å². The van der Waals surface area contributed by atoms with Crippen LogP contribution in [0.3, 0.4) is 0 Å². The minimum atomic E-state index is -0.477. The zero-order valence-corrected chi connectivity index (χ0v) is 18.3. The quantitative estimate of drug-likeness (QED) is 0.309. The van der Waals surface area contributed by atoms with Gasteiger partial charge in [0.1, 0.15) is 9.94 Å². The fourth-order valence-electron chi connectivity index (χ4n) is 2.66. The molecule has 152 valence electrons. The molecule has 1 atom stereocenters. The Bertz CT molecular complexity index is 601. The number of carbonyl (C=O) groups is 1. The number of aliphatic imine (C=N–C) groups is 1. The molecule has 2 rings (SSSR count). The summed E-state index contributed by atoms with van der Waals surface area (Å²) in [5, 5.41) is 8.31. The van der Waals surface area contributed by atoms with Crippen LogP contribution in [-0.4, -0.2) is 65.5 Å². The molecule has 9 heteroatoms. The van der Waals surface area contributed by atoms with Gasteiger partial charge in [0.2, 0.25) is 0 Å². The van der Waals surface area contributed by atoms with E-state index in [1.54, 1.807) is 23.1 Å². The number of aromatic nitrogens is 1. The molecule has 27 heavy (non-hydrogen) atoms. The fraction of sp³-hybridized carbons (Fsp3) is 0.722. The van der Waals surface area contributed by atoms with E-state index >= 15 is 0 Å². The average molecular weight is 414 g/mol. The molecule has 1 aromatic rings. The van der Waals surface area contributed by atoms with Crippen molar-refractivity contribution in [2.45, 2.75) is 56.5 Å². The van der Waals surface area contributed by atoms with Crippen LogP contribution in [0.5, 0.6) is 0 Å². The standard InChI is InChI=1S/C18H31N5O2S2/c1-5-19-15(20-8-6-11-26-17-21-9-12-27-17)23-10-7-14(13-23)22-16(24)25-18(2,3)4/h9,12,14H,5-8,10-11,13H2,1-4H3,(H,19,20)(H,22,24). The number of carbonyl (C=O) groups excluding carboxylic acids is 1. The van der Waals surface area contributed by atoms with Gasteiger partial charge >= 0.3 is 6.09 Å². The van der Waals surface area contributed by atoms with Gasteiger partial charge in [0, 0.05) is 43.5 Å². The van der Waals surface area contributed by atoms with Gasteiger partial charge in [-0.1, -0.05) is 11.8 Å². The number of hydrogen-bond acceptors (Lipinski definition) is 6. The molecule has 1 fully saturated rings. The van der Waals surface area contributed by atoms with Gasteiger partial charge in [0.15, 0.2) is 5.96 Å². The highest BCUT2D eigenvalue weighted by Gasteiger charge is 2.27. The molecule has 0 aromatic carbocycles. The van der Waals surface area contributed by atoms with Crippen molar-refractivity contribution in [3.05, 3.63) is 11.6 Å². The van der Waals surface area contributed by atoms with E-state index in [0.29, 0.717) is 0 Å². The second-order valence-corrected chi connectivity index (χ2v) is 9.55. The molecule has 0 aliphatic carbocycles. The maximum Gasteiger partial charge on any atom is 0.407 e. The topological polar surface area (TPSA) is 78.9 Å². The number of guanidine groups is 1. The Labute approximate surface area is 170 Å². The Morgan fingerprint density at radius 1 is 1.52 bits per heavy atom. The Hall–Kier alpha value is -1.48. The van der Waals surface area contributed by atoms with Gasteiger partial charge in [-0.05, 0) is 40.5 Å². The van der Waals surface area contributed by atoms with E-state index < -0.39 is 5.60 Å². The normalized spacial score (nSPS) is 17.9. The summed E-state index contributed by atoms with van der Waals surface area (Å²) in [6.45, 7) is 10.9. The Balaban J connectivity index is 1.75. The first-order valence-corrected chi connectivity index (χ1v) is 11.3. The first-order valence-electron chi connectivity index (χ1n) is 9.42. The second-order valence-electron chi connectivity index (χ2n) is 7.31. The molecule has 2 N–H and O–H groups in total. The molecule has 2 heterocycles. The molecule has 1 aliphatic heterocycles. The molecule has 0 bridgehead atoms. The molecule has 0 radical (unpaired) electrons. The summed E-state index contributed by atoms with van der Waals surface area (Å²) in [7, 11) is 0. The highest BCUT2D eigenvalue weighted by molar-refractivity contribution is 8.00. The highest BCUT2D eigenvalue weighted by atomic mass is 32.2. The van der Waals surface area contributed by atoms with Gasteiger partial charge in [-0.25, -0.2) is 9.78 Å². The van der Waals surface area contributed by atoms with Gasteiger partial charge in [0.25, 0.3) is 0 Å². The van der Waals surface area contributed by atoms with Crippen LogP contribution in [0.4, 0.5) is 4.79 Å². The van der Waals surface area contributed by atoms with Gasteiger partial charge in [-0.15, -0.1) is 11.3 Å². The van der Waals surface area contributed by atoms with Crippen molar-refractivity contribution in [1.29, 1.82) is 0 Å². The number of ether oxygens (including phenoxy) is 1. The van der Waals surface area contributed by atoms with E-state index in [0.717, 1.165) is 55.1 Å². The number of thioether (sulfide) groups is 1. The third-order valence-electron chi connectivity index (χ3n) is 3.74.